The van der Waals surface area contributed by atoms with Gasteiger partial charge >= 0.3 is 0 Å². The van der Waals surface area contributed by atoms with E-state index in [2.05, 4.69) is 23.3 Å². The van der Waals surface area contributed by atoms with Crippen molar-refractivity contribution in [3.8, 4) is 0 Å². The average molecular weight is 192 g/mol. The Balaban J connectivity index is 1.91. The summed E-state index contributed by atoms with van der Waals surface area (Å²) in [6.07, 6.45) is 3.72. The van der Waals surface area contributed by atoms with Gasteiger partial charge in [-0.05, 0) is 18.6 Å². The molecule has 0 aromatic carbocycles. The Labute approximate surface area is 84.5 Å². The van der Waals surface area contributed by atoms with Crippen LogP contribution in [0.25, 0.3) is 0 Å². The van der Waals surface area contributed by atoms with Crippen LogP contribution in [-0.2, 0) is 4.74 Å². The third kappa shape index (κ3) is 2.04. The first-order valence-electron chi connectivity index (χ1n) is 4.91. The summed E-state index contributed by atoms with van der Waals surface area (Å²) in [5.74, 6) is 0. The van der Waals surface area contributed by atoms with Crippen molar-refractivity contribution >= 4 is 5.69 Å². The molecule has 76 valence electrons. The number of ether oxygens (including phenoxy) is 1. The highest BCUT2D eigenvalue weighted by molar-refractivity contribution is 5.42. The van der Waals surface area contributed by atoms with Gasteiger partial charge in [-0.3, -0.25) is 4.98 Å². The number of rotatable bonds is 3. The summed E-state index contributed by atoms with van der Waals surface area (Å²) in [5.41, 5.74) is 2.59. The van der Waals surface area contributed by atoms with E-state index in [1.165, 1.54) is 5.56 Å². The summed E-state index contributed by atoms with van der Waals surface area (Å²) in [5, 5.41) is 3.39. The highest BCUT2D eigenvalue weighted by Crippen LogP contribution is 2.26. The molecule has 0 unspecified atom stereocenters. The first-order valence-corrected chi connectivity index (χ1v) is 4.91. The molecule has 2 rings (SSSR count). The van der Waals surface area contributed by atoms with E-state index in [-0.39, 0.29) is 0 Å². The Bertz CT molecular complexity index is 321. The second-order valence-corrected chi connectivity index (χ2v) is 4.41. The summed E-state index contributed by atoms with van der Waals surface area (Å²) >= 11 is 0. The number of hydrogen-bond donors (Lipinski definition) is 1. The van der Waals surface area contributed by atoms with Crippen molar-refractivity contribution in [3.63, 3.8) is 0 Å². The van der Waals surface area contributed by atoms with Gasteiger partial charge in [0.05, 0.1) is 18.9 Å². The topological polar surface area (TPSA) is 34.2 Å². The molecule has 0 spiro atoms. The highest BCUT2D eigenvalue weighted by Gasteiger charge is 2.32. The van der Waals surface area contributed by atoms with Crippen molar-refractivity contribution in [2.45, 2.75) is 13.8 Å². The molecule has 0 bridgehead atoms. The van der Waals surface area contributed by atoms with Crippen LogP contribution in [0.5, 0.6) is 0 Å². The molecule has 2 heterocycles. The molecular weight excluding hydrogens is 176 g/mol. The number of nitrogens with zero attached hydrogens (tertiary/aromatic N) is 1. The molecule has 1 aliphatic rings. The molecular formula is C11H16N2O. The Morgan fingerprint density at radius 2 is 2.29 bits per heavy atom. The van der Waals surface area contributed by atoms with E-state index in [0.29, 0.717) is 5.41 Å². The standard InChI is InChI=1S/C11H16N2O/c1-9-3-10(5-12-4-9)13-6-11(2)7-14-8-11/h3-5,13H,6-8H2,1-2H3. The van der Waals surface area contributed by atoms with Crippen LogP contribution in [0.15, 0.2) is 18.5 Å². The molecule has 1 saturated heterocycles. The maximum Gasteiger partial charge on any atom is 0.0559 e. The molecule has 3 heteroatoms. The van der Waals surface area contributed by atoms with Crippen LogP contribution in [-0.4, -0.2) is 24.7 Å². The van der Waals surface area contributed by atoms with Crippen molar-refractivity contribution in [3.05, 3.63) is 24.0 Å². The minimum Gasteiger partial charge on any atom is -0.383 e. The molecule has 1 aliphatic heterocycles. The lowest BCUT2D eigenvalue weighted by atomic mass is 9.89. The van der Waals surface area contributed by atoms with Crippen molar-refractivity contribution < 1.29 is 4.74 Å². The van der Waals surface area contributed by atoms with Gasteiger partial charge in [-0.15, -0.1) is 0 Å². The van der Waals surface area contributed by atoms with Crippen LogP contribution in [0.4, 0.5) is 5.69 Å². The van der Waals surface area contributed by atoms with Gasteiger partial charge in [-0.25, -0.2) is 0 Å². The number of anilines is 1. The second kappa shape index (κ2) is 3.58. The summed E-state index contributed by atoms with van der Waals surface area (Å²) < 4.78 is 5.19. The lowest BCUT2D eigenvalue weighted by Gasteiger charge is -2.38. The lowest BCUT2D eigenvalue weighted by Crippen LogP contribution is -2.45. The molecule has 0 atom stereocenters. The molecule has 0 amide bonds. The quantitative estimate of drug-likeness (QED) is 0.793. The smallest absolute Gasteiger partial charge is 0.0559 e. The monoisotopic (exact) mass is 192 g/mol. The minimum absolute atomic E-state index is 0.309. The lowest BCUT2D eigenvalue weighted by molar-refractivity contribution is -0.0924. The maximum absolute atomic E-state index is 5.19. The predicted octanol–water partition coefficient (Wildman–Crippen LogP) is 1.84. The van der Waals surface area contributed by atoms with Gasteiger partial charge in [0.2, 0.25) is 0 Å². The van der Waals surface area contributed by atoms with Crippen LogP contribution in [0.1, 0.15) is 12.5 Å². The van der Waals surface area contributed by atoms with E-state index in [9.17, 15) is 0 Å². The van der Waals surface area contributed by atoms with E-state index in [4.69, 9.17) is 4.74 Å². The highest BCUT2D eigenvalue weighted by atomic mass is 16.5. The van der Waals surface area contributed by atoms with Crippen molar-refractivity contribution in [1.82, 2.24) is 4.98 Å². The first kappa shape index (κ1) is 9.46. The van der Waals surface area contributed by atoms with Gasteiger partial charge in [-0.1, -0.05) is 6.92 Å². The normalized spacial score (nSPS) is 18.7. The number of nitrogens with one attached hydrogen (secondary N) is 1. The Morgan fingerprint density at radius 3 is 2.86 bits per heavy atom. The zero-order valence-corrected chi connectivity index (χ0v) is 8.71. The van der Waals surface area contributed by atoms with Gasteiger partial charge < -0.3 is 10.1 Å². The summed E-state index contributed by atoms with van der Waals surface area (Å²) in [6, 6.07) is 2.11. The Hall–Kier alpha value is -1.09. The van der Waals surface area contributed by atoms with Crippen molar-refractivity contribution in [2.75, 3.05) is 25.1 Å². The third-order valence-electron chi connectivity index (χ3n) is 2.50. The van der Waals surface area contributed by atoms with Crippen LogP contribution >= 0.6 is 0 Å². The van der Waals surface area contributed by atoms with E-state index in [0.717, 1.165) is 25.4 Å². The number of pyridine rings is 1. The number of aromatic nitrogens is 1. The third-order valence-corrected chi connectivity index (χ3v) is 2.50. The van der Waals surface area contributed by atoms with Gasteiger partial charge in [0, 0.05) is 24.4 Å². The Kier molecular flexibility index (Phi) is 2.42. The van der Waals surface area contributed by atoms with E-state index in [1.807, 2.05) is 19.3 Å². The van der Waals surface area contributed by atoms with Crippen LogP contribution in [0.3, 0.4) is 0 Å². The average Bonchev–Trinajstić information content (AvgIpc) is 2.12. The number of hydrogen-bond acceptors (Lipinski definition) is 3. The SMILES string of the molecule is Cc1cncc(NCC2(C)COC2)c1. The fraction of sp³-hybridized carbons (Fsp3) is 0.545. The Morgan fingerprint density at radius 1 is 1.50 bits per heavy atom. The van der Waals surface area contributed by atoms with E-state index < -0.39 is 0 Å². The van der Waals surface area contributed by atoms with E-state index in [1.54, 1.807) is 0 Å². The van der Waals surface area contributed by atoms with Gasteiger partial charge in [-0.2, -0.15) is 0 Å². The fourth-order valence-electron chi connectivity index (χ4n) is 1.52. The summed E-state index contributed by atoms with van der Waals surface area (Å²) in [6.45, 7) is 6.95. The summed E-state index contributed by atoms with van der Waals surface area (Å²) in [4.78, 5) is 4.13. The molecule has 1 aromatic rings. The molecule has 3 nitrogen and oxygen atoms in total. The number of aryl methyl sites for hydroxylation is 1. The molecule has 1 aromatic heterocycles. The van der Waals surface area contributed by atoms with Crippen LogP contribution < -0.4 is 5.32 Å². The van der Waals surface area contributed by atoms with E-state index >= 15 is 0 Å². The van der Waals surface area contributed by atoms with Gasteiger partial charge in [0.1, 0.15) is 0 Å². The molecule has 0 saturated carbocycles. The van der Waals surface area contributed by atoms with Gasteiger partial charge in [0.15, 0.2) is 0 Å². The van der Waals surface area contributed by atoms with Crippen LogP contribution in [0.2, 0.25) is 0 Å². The predicted molar refractivity (Wildman–Crippen MR) is 56.4 cm³/mol. The zero-order chi connectivity index (χ0) is 10.0. The van der Waals surface area contributed by atoms with Crippen LogP contribution in [0, 0.1) is 12.3 Å². The largest absolute Gasteiger partial charge is 0.383 e. The molecule has 0 radical (unpaired) electrons. The maximum atomic E-state index is 5.19. The van der Waals surface area contributed by atoms with Crippen molar-refractivity contribution in [2.24, 2.45) is 5.41 Å². The molecule has 1 N–H and O–H groups in total. The fourth-order valence-corrected chi connectivity index (χ4v) is 1.52. The summed E-state index contributed by atoms with van der Waals surface area (Å²) in [7, 11) is 0. The zero-order valence-electron chi connectivity index (χ0n) is 8.71. The van der Waals surface area contributed by atoms with Crippen molar-refractivity contribution in [1.29, 1.82) is 0 Å². The molecule has 0 aliphatic carbocycles. The van der Waals surface area contributed by atoms with Gasteiger partial charge in [0.25, 0.3) is 0 Å². The first-order chi connectivity index (χ1) is 6.68. The molecule has 14 heavy (non-hydrogen) atoms. The second-order valence-electron chi connectivity index (χ2n) is 4.41. The minimum atomic E-state index is 0.309. The molecule has 1 fully saturated rings.